The highest BCUT2D eigenvalue weighted by atomic mass is 35.5. The zero-order valence-corrected chi connectivity index (χ0v) is 19.2. The molecule has 32 heavy (non-hydrogen) atoms. The third-order valence-corrected chi connectivity index (χ3v) is 5.98. The first-order valence-corrected chi connectivity index (χ1v) is 11.2. The van der Waals surface area contributed by atoms with E-state index in [0.29, 0.717) is 27.0 Å². The molecule has 5 rings (SSSR count). The Hall–Kier alpha value is -3.15. The molecule has 0 radical (unpaired) electrons. The maximum Gasteiger partial charge on any atom is 0.171 e. The van der Waals surface area contributed by atoms with Crippen molar-refractivity contribution >= 4 is 56.6 Å². The molecule has 2 aliphatic rings. The van der Waals surface area contributed by atoms with Gasteiger partial charge in [0.25, 0.3) is 0 Å². The van der Waals surface area contributed by atoms with Crippen LogP contribution in [-0.2, 0) is 0 Å². The first-order valence-electron chi connectivity index (χ1n) is 10.4. The average Bonchev–Trinajstić information content (AvgIpc) is 2.80. The molecule has 0 saturated carbocycles. The summed E-state index contributed by atoms with van der Waals surface area (Å²) in [7, 11) is 0. The van der Waals surface area contributed by atoms with E-state index in [2.05, 4.69) is 29.8 Å². The van der Waals surface area contributed by atoms with Gasteiger partial charge >= 0.3 is 0 Å². The summed E-state index contributed by atoms with van der Waals surface area (Å²) in [6.07, 6.45) is 1.53. The molecule has 0 atom stereocenters. The van der Waals surface area contributed by atoms with Crippen molar-refractivity contribution in [3.8, 4) is 11.5 Å². The Morgan fingerprint density at radius 1 is 0.969 bits per heavy atom. The SMILES string of the molecule is CCN(CC)c1ccc2nc3c4ccccc4c(=Nc4ncc(Cl)cc4Cl)cc-3oc2c1. The summed E-state index contributed by atoms with van der Waals surface area (Å²) in [6, 6.07) is 17.6. The van der Waals surface area contributed by atoms with Crippen LogP contribution in [0.4, 0.5) is 11.5 Å². The minimum atomic E-state index is 0.388. The lowest BCUT2D eigenvalue weighted by Gasteiger charge is -2.21. The number of nitrogens with zero attached hydrogens (tertiary/aromatic N) is 4. The molecule has 0 fully saturated rings. The Balaban J connectivity index is 1.80. The van der Waals surface area contributed by atoms with Gasteiger partial charge in [-0.2, -0.15) is 0 Å². The van der Waals surface area contributed by atoms with E-state index < -0.39 is 0 Å². The maximum absolute atomic E-state index is 6.34. The van der Waals surface area contributed by atoms with Gasteiger partial charge in [0, 0.05) is 47.9 Å². The van der Waals surface area contributed by atoms with Gasteiger partial charge in [0.15, 0.2) is 17.2 Å². The second-order valence-electron chi connectivity index (χ2n) is 7.40. The van der Waals surface area contributed by atoms with Gasteiger partial charge in [0.2, 0.25) is 0 Å². The first-order chi connectivity index (χ1) is 15.6. The number of halogens is 2. The molecule has 3 aromatic rings. The Bertz CT molecular complexity index is 1490. The number of rotatable bonds is 4. The molecule has 0 N–H and O–H groups in total. The Labute approximate surface area is 195 Å². The van der Waals surface area contributed by atoms with Crippen LogP contribution < -0.4 is 10.3 Å². The lowest BCUT2D eigenvalue weighted by Crippen LogP contribution is -2.21. The lowest BCUT2D eigenvalue weighted by molar-refractivity contribution is 0.613. The van der Waals surface area contributed by atoms with Crippen molar-refractivity contribution in [2.24, 2.45) is 4.99 Å². The molecule has 0 spiro atoms. The van der Waals surface area contributed by atoms with Crippen LogP contribution in [-0.4, -0.2) is 23.1 Å². The highest BCUT2D eigenvalue weighted by Crippen LogP contribution is 2.32. The van der Waals surface area contributed by atoms with Crippen molar-refractivity contribution in [1.82, 2.24) is 9.97 Å². The molecule has 0 bridgehead atoms. The van der Waals surface area contributed by atoms with Crippen molar-refractivity contribution in [3.63, 3.8) is 0 Å². The van der Waals surface area contributed by atoms with E-state index in [4.69, 9.17) is 37.6 Å². The molecule has 0 unspecified atom stereocenters. The van der Waals surface area contributed by atoms with Crippen LogP contribution >= 0.6 is 23.2 Å². The Morgan fingerprint density at radius 2 is 1.75 bits per heavy atom. The molecular formula is C25H20Cl2N4O. The number of benzene rings is 3. The van der Waals surface area contributed by atoms with Gasteiger partial charge in [-0.25, -0.2) is 15.0 Å². The zero-order valence-electron chi connectivity index (χ0n) is 17.6. The highest BCUT2D eigenvalue weighted by molar-refractivity contribution is 6.35. The van der Waals surface area contributed by atoms with E-state index in [9.17, 15) is 0 Å². The molecule has 7 heteroatoms. The van der Waals surface area contributed by atoms with Gasteiger partial charge in [-0.05, 0) is 32.0 Å². The molecule has 1 aromatic heterocycles. The maximum atomic E-state index is 6.34. The normalized spacial score (nSPS) is 12.2. The largest absolute Gasteiger partial charge is 0.453 e. The molecule has 0 amide bonds. The quantitative estimate of drug-likeness (QED) is 0.216. The van der Waals surface area contributed by atoms with Crippen molar-refractivity contribution in [1.29, 1.82) is 0 Å². The number of hydrogen-bond acceptors (Lipinski definition) is 5. The summed E-state index contributed by atoms with van der Waals surface area (Å²) in [6.45, 7) is 6.12. The fraction of sp³-hybridized carbons (Fsp3) is 0.160. The molecule has 2 aromatic carbocycles. The van der Waals surface area contributed by atoms with E-state index in [0.717, 1.165) is 46.3 Å². The third-order valence-electron chi connectivity index (χ3n) is 5.50. The van der Waals surface area contributed by atoms with Gasteiger partial charge in [0.05, 0.1) is 15.4 Å². The van der Waals surface area contributed by atoms with Gasteiger partial charge in [-0.1, -0.05) is 47.5 Å². The zero-order chi connectivity index (χ0) is 22.2. The second kappa shape index (κ2) is 8.41. The van der Waals surface area contributed by atoms with Crippen LogP contribution in [0.5, 0.6) is 0 Å². The lowest BCUT2D eigenvalue weighted by atomic mass is 10.0. The fourth-order valence-electron chi connectivity index (χ4n) is 3.91. The number of aromatic nitrogens is 2. The summed E-state index contributed by atoms with van der Waals surface area (Å²) < 4.78 is 6.34. The number of anilines is 1. The monoisotopic (exact) mass is 462 g/mol. The molecule has 1 aliphatic heterocycles. The molecular weight excluding hydrogens is 443 g/mol. The van der Waals surface area contributed by atoms with E-state index in [1.165, 1.54) is 6.20 Å². The van der Waals surface area contributed by atoms with Gasteiger partial charge < -0.3 is 9.32 Å². The van der Waals surface area contributed by atoms with Crippen LogP contribution in [0.15, 0.2) is 70.2 Å². The van der Waals surface area contributed by atoms with Crippen LogP contribution in [0.3, 0.4) is 0 Å². The van der Waals surface area contributed by atoms with Crippen LogP contribution in [0.25, 0.3) is 33.3 Å². The Morgan fingerprint density at radius 3 is 2.50 bits per heavy atom. The predicted octanol–water partition coefficient (Wildman–Crippen LogP) is 6.87. The van der Waals surface area contributed by atoms with Crippen molar-refractivity contribution in [2.75, 3.05) is 18.0 Å². The fourth-order valence-corrected chi connectivity index (χ4v) is 4.33. The molecule has 5 nitrogen and oxygen atoms in total. The standard InChI is InChI=1S/C25H20Cl2N4O/c1-3-31(4-2)16-9-10-20-22(12-16)32-23-13-21(30-25-19(27)11-15(26)14-28-25)17-7-5-6-8-18(17)24(23)29-20/h5-14H,3-4H2,1-2H3. The molecule has 1 aliphatic carbocycles. The van der Waals surface area contributed by atoms with Crippen LogP contribution in [0, 0.1) is 0 Å². The van der Waals surface area contributed by atoms with Crippen LogP contribution in [0.2, 0.25) is 10.0 Å². The number of hydrogen-bond donors (Lipinski definition) is 0. The minimum absolute atomic E-state index is 0.388. The molecule has 160 valence electrons. The number of pyridine rings is 1. The van der Waals surface area contributed by atoms with Crippen molar-refractivity contribution in [3.05, 3.63) is 76.2 Å². The van der Waals surface area contributed by atoms with Gasteiger partial charge in [-0.3, -0.25) is 0 Å². The summed E-state index contributed by atoms with van der Waals surface area (Å²) in [5, 5.41) is 3.45. The van der Waals surface area contributed by atoms with Crippen molar-refractivity contribution < 1.29 is 4.42 Å². The summed E-state index contributed by atoms with van der Waals surface area (Å²) >= 11 is 12.3. The first kappa shape index (κ1) is 20.7. The smallest absolute Gasteiger partial charge is 0.171 e. The third kappa shape index (κ3) is 3.68. The van der Waals surface area contributed by atoms with Gasteiger partial charge in [0.1, 0.15) is 11.2 Å². The average molecular weight is 463 g/mol. The topological polar surface area (TPSA) is 54.5 Å². The van der Waals surface area contributed by atoms with E-state index in [-0.39, 0.29) is 0 Å². The van der Waals surface area contributed by atoms with E-state index >= 15 is 0 Å². The number of fused-ring (bicyclic) bond motifs is 4. The Kier molecular flexibility index (Phi) is 5.45. The van der Waals surface area contributed by atoms with E-state index in [1.54, 1.807) is 6.07 Å². The van der Waals surface area contributed by atoms with Gasteiger partial charge in [-0.15, -0.1) is 0 Å². The minimum Gasteiger partial charge on any atom is -0.453 e. The summed E-state index contributed by atoms with van der Waals surface area (Å²) in [4.78, 5) is 16.2. The van der Waals surface area contributed by atoms with E-state index in [1.807, 2.05) is 42.5 Å². The van der Waals surface area contributed by atoms with Crippen LogP contribution in [0.1, 0.15) is 13.8 Å². The van der Waals surface area contributed by atoms with Crippen molar-refractivity contribution in [2.45, 2.75) is 13.8 Å². The predicted molar refractivity (Wildman–Crippen MR) is 131 cm³/mol. The summed E-state index contributed by atoms with van der Waals surface area (Å²) in [5.74, 6) is 1.05. The second-order valence-corrected chi connectivity index (χ2v) is 8.24. The highest BCUT2D eigenvalue weighted by Gasteiger charge is 2.16. The summed E-state index contributed by atoms with van der Waals surface area (Å²) in [5.41, 5.74) is 3.43. The molecule has 2 heterocycles. The molecule has 0 saturated heterocycles.